The Labute approximate surface area is 191 Å². The van der Waals surface area contributed by atoms with Crippen molar-refractivity contribution in [1.82, 2.24) is 9.97 Å². The Hall–Kier alpha value is -2.23. The molecule has 0 radical (unpaired) electrons. The Balaban J connectivity index is 1.41. The van der Waals surface area contributed by atoms with E-state index in [4.69, 9.17) is 14.7 Å². The van der Waals surface area contributed by atoms with Crippen LogP contribution in [0.4, 0.5) is 17.5 Å². The average molecular weight is 458 g/mol. The second-order valence-electron chi connectivity index (χ2n) is 9.36. The topological polar surface area (TPSA) is 90.8 Å². The summed E-state index contributed by atoms with van der Waals surface area (Å²) in [7, 11) is 4.71. The summed E-state index contributed by atoms with van der Waals surface area (Å²) < 4.78 is 18.6. The monoisotopic (exact) mass is 457 g/mol. The summed E-state index contributed by atoms with van der Waals surface area (Å²) in [4.78, 5) is 14.5. The van der Waals surface area contributed by atoms with Gasteiger partial charge in [0.25, 0.3) is 0 Å². The SMILES string of the molecule is COC1(c2ccc(N(C)C)cc2)CN(c2nc3c(c(NC4(CO)CCC4)n2)S(=O)CC3)C1. The van der Waals surface area contributed by atoms with Gasteiger partial charge >= 0.3 is 0 Å². The van der Waals surface area contributed by atoms with Gasteiger partial charge in [0.1, 0.15) is 16.3 Å². The number of aryl methyl sites for hydroxylation is 1. The number of nitrogens with one attached hydrogen (secondary N) is 1. The minimum Gasteiger partial charge on any atom is -0.394 e. The molecule has 2 N–H and O–H groups in total. The Morgan fingerprint density at radius 3 is 2.50 bits per heavy atom. The molecule has 3 aliphatic rings. The Kier molecular flexibility index (Phi) is 5.38. The van der Waals surface area contributed by atoms with Gasteiger partial charge in [0, 0.05) is 39.1 Å². The fourth-order valence-corrected chi connectivity index (χ4v) is 6.10. The van der Waals surface area contributed by atoms with Crippen molar-refractivity contribution in [2.45, 2.75) is 41.7 Å². The first-order valence-corrected chi connectivity index (χ1v) is 12.5. The molecule has 9 heteroatoms. The van der Waals surface area contributed by atoms with Gasteiger partial charge in [-0.25, -0.2) is 4.98 Å². The van der Waals surface area contributed by atoms with E-state index in [-0.39, 0.29) is 12.1 Å². The van der Waals surface area contributed by atoms with Crippen molar-refractivity contribution in [3.8, 4) is 0 Å². The smallest absolute Gasteiger partial charge is 0.227 e. The van der Waals surface area contributed by atoms with Crippen LogP contribution in [0.25, 0.3) is 0 Å². The van der Waals surface area contributed by atoms with E-state index in [2.05, 4.69) is 39.4 Å². The number of aromatic nitrogens is 2. The van der Waals surface area contributed by atoms with Crippen molar-refractivity contribution in [2.75, 3.05) is 61.8 Å². The minimum atomic E-state index is -1.10. The molecule has 1 aromatic carbocycles. The third-order valence-corrected chi connectivity index (χ3v) is 8.61. The molecule has 1 atom stereocenters. The summed E-state index contributed by atoms with van der Waals surface area (Å²) >= 11 is 0. The highest BCUT2D eigenvalue weighted by molar-refractivity contribution is 7.85. The zero-order valence-corrected chi connectivity index (χ0v) is 19.7. The number of nitrogens with zero attached hydrogens (tertiary/aromatic N) is 4. The van der Waals surface area contributed by atoms with Crippen molar-refractivity contribution < 1.29 is 14.1 Å². The number of rotatable bonds is 7. The van der Waals surface area contributed by atoms with E-state index in [0.717, 1.165) is 36.2 Å². The number of fused-ring (bicyclic) bond motifs is 1. The standard InChI is InChI=1S/C23H31N5O3S/c1-27(2)17-7-5-16(6-8-17)23(31-3)13-28(14-23)21-24-18-9-12-32(30)19(18)20(25-21)26-22(15-29)10-4-11-22/h5-8,29H,4,9-15H2,1-3H3,(H,24,25,26). The van der Waals surface area contributed by atoms with Gasteiger partial charge in [-0.1, -0.05) is 12.1 Å². The van der Waals surface area contributed by atoms with Gasteiger partial charge in [0.2, 0.25) is 5.95 Å². The quantitative estimate of drug-likeness (QED) is 0.652. The molecule has 2 aliphatic heterocycles. The molecule has 1 aromatic heterocycles. The molecule has 3 heterocycles. The van der Waals surface area contributed by atoms with Crippen LogP contribution in [-0.2, 0) is 27.6 Å². The predicted molar refractivity (Wildman–Crippen MR) is 126 cm³/mol. The fourth-order valence-electron chi connectivity index (χ4n) is 4.79. The van der Waals surface area contributed by atoms with Crippen LogP contribution < -0.4 is 15.1 Å². The van der Waals surface area contributed by atoms with Crippen LogP contribution in [0, 0.1) is 0 Å². The lowest BCUT2D eigenvalue weighted by atomic mass is 9.77. The maximum atomic E-state index is 12.6. The number of benzene rings is 1. The van der Waals surface area contributed by atoms with Crippen LogP contribution in [0.5, 0.6) is 0 Å². The number of methoxy groups -OCH3 is 1. The van der Waals surface area contributed by atoms with E-state index < -0.39 is 16.4 Å². The molecule has 0 amide bonds. The maximum Gasteiger partial charge on any atom is 0.227 e. The summed E-state index contributed by atoms with van der Waals surface area (Å²) in [5.41, 5.74) is 2.38. The summed E-state index contributed by atoms with van der Waals surface area (Å²) in [6, 6.07) is 8.46. The second-order valence-corrected chi connectivity index (χ2v) is 10.9. The number of hydrogen-bond acceptors (Lipinski definition) is 8. The first kappa shape index (κ1) is 21.6. The molecule has 172 valence electrons. The predicted octanol–water partition coefficient (Wildman–Crippen LogP) is 1.90. The Morgan fingerprint density at radius 1 is 1.22 bits per heavy atom. The van der Waals surface area contributed by atoms with Crippen LogP contribution in [0.3, 0.4) is 0 Å². The van der Waals surface area contributed by atoms with E-state index in [1.165, 1.54) is 0 Å². The molecule has 1 saturated heterocycles. The normalized spacial score (nSPS) is 22.6. The summed E-state index contributed by atoms with van der Waals surface area (Å²) in [5, 5.41) is 13.4. The van der Waals surface area contributed by atoms with Crippen molar-refractivity contribution in [3.05, 3.63) is 35.5 Å². The number of aliphatic hydroxyl groups excluding tert-OH is 1. The van der Waals surface area contributed by atoms with Gasteiger partial charge in [0.15, 0.2) is 0 Å². The number of hydrogen-bond donors (Lipinski definition) is 2. The fraction of sp³-hybridized carbons (Fsp3) is 0.565. The first-order chi connectivity index (χ1) is 15.4. The van der Waals surface area contributed by atoms with Crippen molar-refractivity contribution in [2.24, 2.45) is 0 Å². The van der Waals surface area contributed by atoms with Gasteiger partial charge in [-0.3, -0.25) is 4.21 Å². The van der Waals surface area contributed by atoms with Crippen LogP contribution in [0.2, 0.25) is 0 Å². The Bertz CT molecular complexity index is 1030. The van der Waals surface area contributed by atoms with E-state index in [1.54, 1.807) is 7.11 Å². The number of anilines is 3. The lowest BCUT2D eigenvalue weighted by molar-refractivity contribution is -0.0390. The van der Waals surface area contributed by atoms with Gasteiger partial charge in [-0.05, 0) is 37.0 Å². The largest absolute Gasteiger partial charge is 0.394 e. The molecule has 2 fully saturated rings. The van der Waals surface area contributed by atoms with Gasteiger partial charge in [0.05, 0.1) is 41.7 Å². The third kappa shape index (κ3) is 3.47. The maximum absolute atomic E-state index is 12.6. The van der Waals surface area contributed by atoms with Crippen molar-refractivity contribution in [3.63, 3.8) is 0 Å². The van der Waals surface area contributed by atoms with Gasteiger partial charge in [-0.15, -0.1) is 0 Å². The zero-order valence-electron chi connectivity index (χ0n) is 18.9. The van der Waals surface area contributed by atoms with E-state index >= 15 is 0 Å². The number of aliphatic hydroxyl groups is 1. The molecule has 1 aliphatic carbocycles. The highest BCUT2D eigenvalue weighted by atomic mass is 32.2. The third-order valence-electron chi connectivity index (χ3n) is 7.15. The molecule has 1 saturated carbocycles. The average Bonchev–Trinajstić information content (AvgIpc) is 3.11. The van der Waals surface area contributed by atoms with Gasteiger partial charge < -0.3 is 25.0 Å². The van der Waals surface area contributed by atoms with Crippen LogP contribution >= 0.6 is 0 Å². The molecule has 1 unspecified atom stereocenters. The van der Waals surface area contributed by atoms with Gasteiger partial charge in [-0.2, -0.15) is 4.98 Å². The zero-order chi connectivity index (χ0) is 22.5. The van der Waals surface area contributed by atoms with E-state index in [1.807, 2.05) is 14.1 Å². The van der Waals surface area contributed by atoms with Crippen LogP contribution in [-0.4, -0.2) is 71.5 Å². The van der Waals surface area contributed by atoms with Crippen LogP contribution in [0.15, 0.2) is 29.2 Å². The summed E-state index contributed by atoms with van der Waals surface area (Å²) in [5.74, 6) is 1.84. The molecule has 32 heavy (non-hydrogen) atoms. The van der Waals surface area contributed by atoms with Crippen molar-refractivity contribution in [1.29, 1.82) is 0 Å². The van der Waals surface area contributed by atoms with Crippen molar-refractivity contribution >= 4 is 28.3 Å². The van der Waals surface area contributed by atoms with Crippen LogP contribution in [0.1, 0.15) is 30.5 Å². The summed E-state index contributed by atoms with van der Waals surface area (Å²) in [6.07, 6.45) is 3.55. The molecular formula is C23H31N5O3S. The summed E-state index contributed by atoms with van der Waals surface area (Å²) in [6.45, 7) is 1.35. The molecule has 0 spiro atoms. The second kappa shape index (κ2) is 7.97. The van der Waals surface area contributed by atoms with E-state index in [9.17, 15) is 9.32 Å². The molecule has 0 bridgehead atoms. The minimum absolute atomic E-state index is 0.0488. The molecular weight excluding hydrogens is 426 g/mol. The Morgan fingerprint density at radius 2 is 1.94 bits per heavy atom. The highest BCUT2D eigenvalue weighted by Gasteiger charge is 2.47. The lowest BCUT2D eigenvalue weighted by Crippen LogP contribution is -2.61. The number of ether oxygens (including phenoxy) is 1. The lowest BCUT2D eigenvalue weighted by Gasteiger charge is -2.49. The molecule has 2 aromatic rings. The molecule has 8 nitrogen and oxygen atoms in total. The van der Waals surface area contributed by atoms with E-state index in [0.29, 0.717) is 41.9 Å². The highest BCUT2D eigenvalue weighted by Crippen LogP contribution is 2.41. The first-order valence-electron chi connectivity index (χ1n) is 11.1. The molecule has 5 rings (SSSR count).